The SMILES string of the molecule is O=C(NC1CCCCC1)OC(c1c([N+](=O)[O-])cccc1[N+](=O)[O-])c1c([N+](=O)[O-])cccc1[N+](=O)[O-]. The van der Waals surface area contributed by atoms with E-state index in [1.165, 1.54) is 0 Å². The van der Waals surface area contributed by atoms with E-state index in [1.54, 1.807) is 0 Å². The summed E-state index contributed by atoms with van der Waals surface area (Å²) in [6, 6.07) is 5.19. The molecule has 1 amide bonds. The molecule has 184 valence electrons. The van der Waals surface area contributed by atoms with Crippen molar-refractivity contribution in [2.45, 2.75) is 44.2 Å². The molecule has 2 aromatic carbocycles. The number of nitro benzene ring substituents is 4. The highest BCUT2D eigenvalue weighted by Gasteiger charge is 2.42. The molecule has 1 N–H and O–H groups in total. The van der Waals surface area contributed by atoms with Gasteiger partial charge in [0.2, 0.25) is 0 Å². The van der Waals surface area contributed by atoms with Crippen molar-refractivity contribution in [2.75, 3.05) is 0 Å². The Morgan fingerprint density at radius 1 is 0.743 bits per heavy atom. The van der Waals surface area contributed by atoms with Gasteiger partial charge in [0.1, 0.15) is 0 Å². The second-order valence-electron chi connectivity index (χ2n) is 7.71. The van der Waals surface area contributed by atoms with E-state index in [2.05, 4.69) is 5.32 Å². The fourth-order valence-electron chi connectivity index (χ4n) is 4.07. The molecule has 0 heterocycles. The van der Waals surface area contributed by atoms with Crippen molar-refractivity contribution in [1.29, 1.82) is 0 Å². The molecular weight excluding hydrogens is 470 g/mol. The van der Waals surface area contributed by atoms with Gasteiger partial charge in [0.05, 0.1) is 19.7 Å². The Hall–Kier alpha value is -4.69. The van der Waals surface area contributed by atoms with Crippen LogP contribution in [0.4, 0.5) is 27.5 Å². The van der Waals surface area contributed by atoms with Gasteiger partial charge in [-0.25, -0.2) is 4.79 Å². The molecule has 1 aliphatic carbocycles. The zero-order valence-electron chi connectivity index (χ0n) is 18.0. The van der Waals surface area contributed by atoms with Crippen molar-refractivity contribution < 1.29 is 29.2 Å². The van der Waals surface area contributed by atoms with Gasteiger partial charge in [-0.05, 0) is 25.0 Å². The topological polar surface area (TPSA) is 211 Å². The van der Waals surface area contributed by atoms with Gasteiger partial charge in [0.25, 0.3) is 22.7 Å². The van der Waals surface area contributed by atoms with E-state index < -0.39 is 65.8 Å². The fourth-order valence-corrected chi connectivity index (χ4v) is 4.07. The van der Waals surface area contributed by atoms with Crippen LogP contribution in [0.15, 0.2) is 36.4 Å². The number of nitrogens with zero attached hydrogens (tertiary/aromatic N) is 4. The molecule has 0 radical (unpaired) electrons. The van der Waals surface area contributed by atoms with Crippen LogP contribution in [0.2, 0.25) is 0 Å². The van der Waals surface area contributed by atoms with Crippen molar-refractivity contribution in [3.8, 4) is 0 Å². The molecule has 1 fully saturated rings. The summed E-state index contributed by atoms with van der Waals surface area (Å²) >= 11 is 0. The van der Waals surface area contributed by atoms with E-state index >= 15 is 0 Å². The molecule has 0 aromatic heterocycles. The van der Waals surface area contributed by atoms with E-state index in [9.17, 15) is 45.3 Å². The highest BCUT2D eigenvalue weighted by Crippen LogP contribution is 2.45. The minimum Gasteiger partial charge on any atom is -0.435 e. The Morgan fingerprint density at radius 2 is 1.11 bits per heavy atom. The highest BCUT2D eigenvalue weighted by molar-refractivity contribution is 5.71. The Balaban J connectivity index is 2.26. The summed E-state index contributed by atoms with van der Waals surface area (Å²) in [5, 5.41) is 49.5. The van der Waals surface area contributed by atoms with Crippen LogP contribution < -0.4 is 5.32 Å². The standard InChI is InChI=1S/C20H19N5O10/c26-20(21-12-6-2-1-3-7-12)35-19(17-13(22(27)28)8-4-9-14(17)23(29)30)18-15(24(31)32)10-5-11-16(18)25(33)34/h4-5,8-12,19H,1-3,6-7H2,(H,21,26). The Morgan fingerprint density at radius 3 is 1.46 bits per heavy atom. The molecule has 0 saturated heterocycles. The third-order valence-electron chi connectivity index (χ3n) is 5.58. The molecule has 35 heavy (non-hydrogen) atoms. The van der Waals surface area contributed by atoms with E-state index in [4.69, 9.17) is 4.74 Å². The van der Waals surface area contributed by atoms with Crippen LogP contribution in [0.25, 0.3) is 0 Å². The lowest BCUT2D eigenvalue weighted by Gasteiger charge is -2.24. The molecule has 0 bridgehead atoms. The first-order valence-electron chi connectivity index (χ1n) is 10.4. The minimum absolute atomic E-state index is 0.321. The van der Waals surface area contributed by atoms with Crippen molar-refractivity contribution in [1.82, 2.24) is 5.32 Å². The molecule has 0 unspecified atom stereocenters. The number of nitrogens with one attached hydrogen (secondary N) is 1. The number of carbonyl (C=O) groups is 1. The van der Waals surface area contributed by atoms with Crippen LogP contribution in [0.3, 0.4) is 0 Å². The molecule has 3 rings (SSSR count). The Bertz CT molecular complexity index is 1050. The molecule has 2 aromatic rings. The quantitative estimate of drug-likeness (QED) is 0.406. The summed E-state index contributed by atoms with van der Waals surface area (Å²) in [5.74, 6) is 0. The number of benzene rings is 2. The number of ether oxygens (including phenoxy) is 1. The average Bonchev–Trinajstić information content (AvgIpc) is 2.82. The summed E-state index contributed by atoms with van der Waals surface area (Å²) in [6.45, 7) is 0. The number of hydrogen-bond acceptors (Lipinski definition) is 10. The molecule has 0 atom stereocenters. The Labute approximate surface area is 196 Å². The number of nitro groups is 4. The van der Waals surface area contributed by atoms with Gasteiger partial charge in [-0.1, -0.05) is 19.3 Å². The fraction of sp³-hybridized carbons (Fsp3) is 0.350. The molecule has 1 saturated carbocycles. The van der Waals surface area contributed by atoms with Crippen LogP contribution >= 0.6 is 0 Å². The normalized spacial score (nSPS) is 13.7. The first-order chi connectivity index (χ1) is 16.6. The third-order valence-corrected chi connectivity index (χ3v) is 5.58. The second kappa shape index (κ2) is 10.5. The highest BCUT2D eigenvalue weighted by atomic mass is 16.6. The lowest BCUT2D eigenvalue weighted by Crippen LogP contribution is -2.37. The Kier molecular flexibility index (Phi) is 7.48. The smallest absolute Gasteiger partial charge is 0.408 e. The first-order valence-corrected chi connectivity index (χ1v) is 10.4. The van der Waals surface area contributed by atoms with E-state index in [0.717, 1.165) is 55.7 Å². The molecule has 15 heteroatoms. The molecule has 1 aliphatic rings. The maximum Gasteiger partial charge on any atom is 0.408 e. The number of carbonyl (C=O) groups excluding carboxylic acids is 1. The lowest BCUT2D eigenvalue weighted by molar-refractivity contribution is -0.399. The van der Waals surface area contributed by atoms with Gasteiger partial charge in [0.15, 0.2) is 17.2 Å². The maximum absolute atomic E-state index is 12.8. The number of hydrogen-bond donors (Lipinski definition) is 1. The second-order valence-corrected chi connectivity index (χ2v) is 7.71. The predicted molar refractivity (Wildman–Crippen MR) is 118 cm³/mol. The van der Waals surface area contributed by atoms with Gasteiger partial charge in [-0.15, -0.1) is 0 Å². The first kappa shape index (κ1) is 24.9. The van der Waals surface area contributed by atoms with Crippen LogP contribution in [0.1, 0.15) is 49.3 Å². The maximum atomic E-state index is 12.8. The number of amides is 1. The molecule has 15 nitrogen and oxygen atoms in total. The van der Waals surface area contributed by atoms with Crippen molar-refractivity contribution in [2.24, 2.45) is 0 Å². The third kappa shape index (κ3) is 5.45. The lowest BCUT2D eigenvalue weighted by atomic mass is 9.95. The van der Waals surface area contributed by atoms with Crippen LogP contribution in [0, 0.1) is 40.5 Å². The summed E-state index contributed by atoms with van der Waals surface area (Å²) in [4.78, 5) is 55.7. The largest absolute Gasteiger partial charge is 0.435 e. The number of rotatable bonds is 8. The summed E-state index contributed by atoms with van der Waals surface area (Å²) in [6.07, 6.45) is 0.429. The minimum atomic E-state index is -2.21. The average molecular weight is 489 g/mol. The van der Waals surface area contributed by atoms with Crippen LogP contribution in [-0.4, -0.2) is 31.8 Å². The summed E-state index contributed by atoms with van der Waals surface area (Å²) < 4.78 is 5.32. The zero-order valence-corrected chi connectivity index (χ0v) is 18.0. The molecule has 0 spiro atoms. The molecular formula is C20H19N5O10. The predicted octanol–water partition coefficient (Wildman–Crippen LogP) is 4.47. The number of alkyl carbamates (subject to hydrolysis) is 1. The van der Waals surface area contributed by atoms with E-state index in [-0.39, 0.29) is 6.04 Å². The van der Waals surface area contributed by atoms with Crippen LogP contribution in [-0.2, 0) is 4.74 Å². The van der Waals surface area contributed by atoms with E-state index in [1.807, 2.05) is 0 Å². The monoisotopic (exact) mass is 489 g/mol. The zero-order chi connectivity index (χ0) is 25.7. The van der Waals surface area contributed by atoms with Crippen LogP contribution in [0.5, 0.6) is 0 Å². The summed E-state index contributed by atoms with van der Waals surface area (Å²) in [7, 11) is 0. The van der Waals surface area contributed by atoms with Crippen molar-refractivity contribution >= 4 is 28.8 Å². The van der Waals surface area contributed by atoms with Crippen molar-refractivity contribution in [3.63, 3.8) is 0 Å². The van der Waals surface area contributed by atoms with Gasteiger partial charge in [0, 0.05) is 30.3 Å². The van der Waals surface area contributed by atoms with Crippen molar-refractivity contribution in [3.05, 3.63) is 88.0 Å². The molecule has 0 aliphatic heterocycles. The van der Waals surface area contributed by atoms with Gasteiger partial charge < -0.3 is 10.1 Å². The van der Waals surface area contributed by atoms with Gasteiger partial charge in [-0.3, -0.25) is 40.5 Å². The van der Waals surface area contributed by atoms with Gasteiger partial charge in [-0.2, -0.15) is 0 Å². The summed E-state index contributed by atoms with van der Waals surface area (Å²) in [5.41, 5.74) is -5.27. The van der Waals surface area contributed by atoms with E-state index in [0.29, 0.717) is 12.8 Å². The van der Waals surface area contributed by atoms with Gasteiger partial charge >= 0.3 is 6.09 Å².